The van der Waals surface area contributed by atoms with Gasteiger partial charge in [0.05, 0.1) is 22.3 Å². The third-order valence-electron chi connectivity index (χ3n) is 3.37. The number of nitrogen functional groups attached to an aromatic ring is 1. The predicted molar refractivity (Wildman–Crippen MR) is 89.1 cm³/mol. The van der Waals surface area contributed by atoms with E-state index < -0.39 is 36.2 Å². The van der Waals surface area contributed by atoms with Crippen molar-refractivity contribution in [1.82, 2.24) is 5.32 Å². The maximum absolute atomic E-state index is 13.7. The van der Waals surface area contributed by atoms with Gasteiger partial charge in [0.15, 0.2) is 6.61 Å². The van der Waals surface area contributed by atoms with Gasteiger partial charge in [-0.1, -0.05) is 17.7 Å². The van der Waals surface area contributed by atoms with Crippen molar-refractivity contribution in [3.8, 4) is 0 Å². The normalized spacial score (nSPS) is 11.7. The van der Waals surface area contributed by atoms with E-state index in [2.05, 4.69) is 5.32 Å². The number of rotatable bonds is 5. The lowest BCUT2D eigenvalue weighted by molar-refractivity contribution is -0.124. The lowest BCUT2D eigenvalue weighted by Crippen LogP contribution is -2.31. The molecule has 8 heteroatoms. The van der Waals surface area contributed by atoms with Gasteiger partial charge < -0.3 is 15.8 Å². The molecule has 0 radical (unpaired) electrons. The smallest absolute Gasteiger partial charge is 0.338 e. The van der Waals surface area contributed by atoms with Crippen molar-refractivity contribution < 1.29 is 23.1 Å². The topological polar surface area (TPSA) is 81.4 Å². The number of carbonyl (C=O) groups excluding carboxylic acids is 2. The molecule has 132 valence electrons. The number of esters is 1. The maximum atomic E-state index is 13.7. The highest BCUT2D eigenvalue weighted by atomic mass is 35.5. The third kappa shape index (κ3) is 4.90. The second kappa shape index (κ2) is 7.94. The molecule has 1 atom stereocenters. The zero-order chi connectivity index (χ0) is 18.6. The molecule has 0 heterocycles. The average molecular weight is 369 g/mol. The van der Waals surface area contributed by atoms with Gasteiger partial charge in [0.25, 0.3) is 5.91 Å². The monoisotopic (exact) mass is 368 g/mol. The highest BCUT2D eigenvalue weighted by molar-refractivity contribution is 6.33. The van der Waals surface area contributed by atoms with Crippen LogP contribution in [0.1, 0.15) is 28.9 Å². The minimum absolute atomic E-state index is 0.117. The van der Waals surface area contributed by atoms with Gasteiger partial charge in [-0.2, -0.15) is 0 Å². The first-order valence-electron chi connectivity index (χ1n) is 7.24. The van der Waals surface area contributed by atoms with Gasteiger partial charge in [0, 0.05) is 11.6 Å². The molecule has 2 rings (SSSR count). The van der Waals surface area contributed by atoms with Crippen LogP contribution in [0.3, 0.4) is 0 Å². The Balaban J connectivity index is 1.91. The molecule has 0 saturated carbocycles. The van der Waals surface area contributed by atoms with Crippen LogP contribution in [0.25, 0.3) is 0 Å². The van der Waals surface area contributed by atoms with Crippen molar-refractivity contribution in [3.63, 3.8) is 0 Å². The summed E-state index contributed by atoms with van der Waals surface area (Å²) in [5.74, 6) is -2.87. The Morgan fingerprint density at radius 1 is 1.24 bits per heavy atom. The van der Waals surface area contributed by atoms with Crippen molar-refractivity contribution in [2.75, 3.05) is 12.3 Å². The number of anilines is 1. The molecular formula is C17H15ClF2N2O3. The first-order chi connectivity index (χ1) is 11.8. The van der Waals surface area contributed by atoms with Gasteiger partial charge in [-0.25, -0.2) is 13.6 Å². The zero-order valence-electron chi connectivity index (χ0n) is 13.2. The third-order valence-corrected chi connectivity index (χ3v) is 3.72. The summed E-state index contributed by atoms with van der Waals surface area (Å²) in [5, 5.41) is 2.76. The summed E-state index contributed by atoms with van der Waals surface area (Å²) in [7, 11) is 0. The average Bonchev–Trinajstić information content (AvgIpc) is 2.55. The van der Waals surface area contributed by atoms with E-state index in [1.54, 1.807) is 0 Å². The number of ether oxygens (including phenoxy) is 1. The van der Waals surface area contributed by atoms with Crippen molar-refractivity contribution in [1.29, 1.82) is 0 Å². The summed E-state index contributed by atoms with van der Waals surface area (Å²) in [6.45, 7) is 0.963. The number of hydrogen-bond donors (Lipinski definition) is 2. The molecule has 0 aliphatic carbocycles. The molecule has 0 aliphatic rings. The van der Waals surface area contributed by atoms with Crippen LogP contribution < -0.4 is 11.1 Å². The predicted octanol–water partition coefficient (Wildman–Crippen LogP) is 3.23. The molecule has 1 amide bonds. The molecule has 5 nitrogen and oxygen atoms in total. The Hall–Kier alpha value is -2.67. The van der Waals surface area contributed by atoms with Crippen LogP contribution in [0.2, 0.25) is 5.02 Å². The van der Waals surface area contributed by atoms with Crippen molar-refractivity contribution in [2.45, 2.75) is 13.0 Å². The van der Waals surface area contributed by atoms with Crippen molar-refractivity contribution in [3.05, 3.63) is 64.2 Å². The van der Waals surface area contributed by atoms with E-state index in [0.29, 0.717) is 5.02 Å². The second-order valence-electron chi connectivity index (χ2n) is 5.27. The molecule has 0 fully saturated rings. The van der Waals surface area contributed by atoms with E-state index in [9.17, 15) is 18.4 Å². The van der Waals surface area contributed by atoms with Gasteiger partial charge in [-0.3, -0.25) is 4.79 Å². The van der Waals surface area contributed by atoms with Crippen molar-refractivity contribution in [2.24, 2.45) is 0 Å². The quantitative estimate of drug-likeness (QED) is 0.627. The Bertz CT molecular complexity index is 814. The van der Waals surface area contributed by atoms with Gasteiger partial charge in [0.2, 0.25) is 0 Å². The molecule has 0 aliphatic heterocycles. The number of halogens is 3. The highest BCUT2D eigenvalue weighted by Gasteiger charge is 2.16. The van der Waals surface area contributed by atoms with Gasteiger partial charge in [0.1, 0.15) is 11.6 Å². The number of benzene rings is 2. The van der Waals surface area contributed by atoms with E-state index in [1.165, 1.54) is 31.2 Å². The van der Waals surface area contributed by atoms with Gasteiger partial charge in [-0.05, 0) is 31.2 Å². The number of hydrogen-bond acceptors (Lipinski definition) is 4. The van der Waals surface area contributed by atoms with Crippen LogP contribution >= 0.6 is 11.6 Å². The Morgan fingerprint density at radius 3 is 2.60 bits per heavy atom. The van der Waals surface area contributed by atoms with Crippen molar-refractivity contribution >= 4 is 29.2 Å². The number of carbonyl (C=O) groups is 2. The van der Waals surface area contributed by atoms with E-state index in [4.69, 9.17) is 22.1 Å². The SMILES string of the molecule is C[C@H](NC(=O)COC(=O)c1ccc(Cl)c(N)c1)c1ccc(F)cc1F. The summed E-state index contributed by atoms with van der Waals surface area (Å²) in [6, 6.07) is 6.51. The molecule has 0 aromatic heterocycles. The summed E-state index contributed by atoms with van der Waals surface area (Å²) < 4.78 is 31.4. The molecule has 2 aromatic carbocycles. The Labute approximate surface area is 147 Å². The maximum Gasteiger partial charge on any atom is 0.338 e. The zero-order valence-corrected chi connectivity index (χ0v) is 13.9. The van der Waals surface area contributed by atoms with Crippen LogP contribution in [-0.4, -0.2) is 18.5 Å². The standard InChI is InChI=1S/C17H15ClF2N2O3/c1-9(12-4-3-11(19)7-14(12)20)22-16(23)8-25-17(24)10-2-5-13(18)15(21)6-10/h2-7,9H,8,21H2,1H3,(H,22,23)/t9-/m0/s1. The number of nitrogens with two attached hydrogens (primary N) is 1. The molecule has 3 N–H and O–H groups in total. The van der Waals surface area contributed by atoms with Crippen LogP contribution in [0, 0.1) is 11.6 Å². The fraction of sp³-hybridized carbons (Fsp3) is 0.176. The molecule has 25 heavy (non-hydrogen) atoms. The summed E-state index contributed by atoms with van der Waals surface area (Å²) >= 11 is 5.76. The summed E-state index contributed by atoms with van der Waals surface area (Å²) in [5.41, 5.74) is 6.06. The highest BCUT2D eigenvalue weighted by Crippen LogP contribution is 2.20. The fourth-order valence-corrected chi connectivity index (χ4v) is 2.22. The number of amides is 1. The second-order valence-corrected chi connectivity index (χ2v) is 5.67. The summed E-state index contributed by atoms with van der Waals surface area (Å²) in [6.07, 6.45) is 0. The molecule has 0 spiro atoms. The minimum Gasteiger partial charge on any atom is -0.452 e. The van der Waals surface area contributed by atoms with E-state index in [-0.39, 0.29) is 16.8 Å². The lowest BCUT2D eigenvalue weighted by Gasteiger charge is -2.15. The molecule has 0 bridgehead atoms. The van der Waals surface area contributed by atoms with Crippen LogP contribution in [-0.2, 0) is 9.53 Å². The van der Waals surface area contributed by atoms with Gasteiger partial charge >= 0.3 is 5.97 Å². The first-order valence-corrected chi connectivity index (χ1v) is 7.62. The fourth-order valence-electron chi connectivity index (χ4n) is 2.10. The van der Waals surface area contributed by atoms with Crippen LogP contribution in [0.5, 0.6) is 0 Å². The van der Waals surface area contributed by atoms with E-state index in [0.717, 1.165) is 12.1 Å². The molecule has 2 aromatic rings. The van der Waals surface area contributed by atoms with Crippen LogP contribution in [0.15, 0.2) is 36.4 Å². The van der Waals surface area contributed by atoms with E-state index in [1.807, 2.05) is 0 Å². The summed E-state index contributed by atoms with van der Waals surface area (Å²) in [4.78, 5) is 23.7. The largest absolute Gasteiger partial charge is 0.452 e. The molecular weight excluding hydrogens is 354 g/mol. The number of nitrogens with one attached hydrogen (secondary N) is 1. The molecule has 0 saturated heterocycles. The molecule has 0 unspecified atom stereocenters. The van der Waals surface area contributed by atoms with Crippen LogP contribution in [0.4, 0.5) is 14.5 Å². The van der Waals surface area contributed by atoms with Gasteiger partial charge in [-0.15, -0.1) is 0 Å². The Morgan fingerprint density at radius 2 is 1.96 bits per heavy atom. The van der Waals surface area contributed by atoms with E-state index >= 15 is 0 Å². The Kier molecular flexibility index (Phi) is 5.93. The first kappa shape index (κ1) is 18.7. The lowest BCUT2D eigenvalue weighted by atomic mass is 10.1. The minimum atomic E-state index is -0.776.